The second-order valence-electron chi connectivity index (χ2n) is 5.50. The van der Waals surface area contributed by atoms with E-state index in [4.69, 9.17) is 23.6 Å². The number of hydrogen-bond donors (Lipinski definition) is 0. The van der Waals surface area contributed by atoms with Gasteiger partial charge in [0.25, 0.3) is 5.69 Å². The fourth-order valence-electron chi connectivity index (χ4n) is 2.77. The third-order valence-electron chi connectivity index (χ3n) is 3.99. The van der Waals surface area contributed by atoms with Crippen molar-refractivity contribution in [2.24, 2.45) is 0 Å². The summed E-state index contributed by atoms with van der Waals surface area (Å²) >= 11 is 0. The molecule has 27 heavy (non-hydrogen) atoms. The predicted octanol–water partition coefficient (Wildman–Crippen LogP) is 3.07. The van der Waals surface area contributed by atoms with Gasteiger partial charge >= 0.3 is 0 Å². The van der Waals surface area contributed by atoms with E-state index in [2.05, 4.69) is 5.16 Å². The molecule has 0 spiro atoms. The van der Waals surface area contributed by atoms with Gasteiger partial charge in [0.2, 0.25) is 11.4 Å². The van der Waals surface area contributed by atoms with Gasteiger partial charge in [-0.05, 0) is 48.2 Å². The number of aromatic nitrogens is 2. The summed E-state index contributed by atoms with van der Waals surface area (Å²) in [6.45, 7) is 2.48. The fourth-order valence-corrected chi connectivity index (χ4v) is 2.77. The van der Waals surface area contributed by atoms with Crippen molar-refractivity contribution >= 4 is 0 Å². The van der Waals surface area contributed by atoms with Gasteiger partial charge in [0.15, 0.2) is 11.5 Å². The molecule has 0 fully saturated rings. The molecule has 0 aliphatic heterocycles. The van der Waals surface area contributed by atoms with Crippen LogP contribution in [0.2, 0.25) is 0 Å². The number of nitrogens with zero attached hydrogens (tertiary/aromatic N) is 2. The van der Waals surface area contributed by atoms with E-state index in [0.29, 0.717) is 45.6 Å². The van der Waals surface area contributed by atoms with Crippen LogP contribution >= 0.6 is 0 Å². The Morgan fingerprint density at radius 2 is 1.59 bits per heavy atom. The zero-order valence-electron chi connectivity index (χ0n) is 15.5. The molecule has 2 aromatic carbocycles. The van der Waals surface area contributed by atoms with Crippen molar-refractivity contribution in [1.29, 1.82) is 0 Å². The van der Waals surface area contributed by atoms with Gasteiger partial charge < -0.3 is 24.2 Å². The Morgan fingerprint density at radius 1 is 0.963 bits per heavy atom. The van der Waals surface area contributed by atoms with Gasteiger partial charge in [-0.25, -0.2) is 0 Å². The topological polar surface area (TPSA) is 89.9 Å². The Labute approximate surface area is 156 Å². The van der Waals surface area contributed by atoms with E-state index in [1.807, 2.05) is 31.2 Å². The van der Waals surface area contributed by atoms with E-state index in [-0.39, 0.29) is 5.69 Å². The second kappa shape index (κ2) is 7.86. The molecule has 0 aliphatic rings. The Kier molecular flexibility index (Phi) is 5.35. The maximum absolute atomic E-state index is 12.3. The van der Waals surface area contributed by atoms with Crippen LogP contribution < -0.4 is 23.9 Å². The van der Waals surface area contributed by atoms with Crippen LogP contribution in [0.3, 0.4) is 0 Å². The first-order valence-corrected chi connectivity index (χ1v) is 8.26. The van der Waals surface area contributed by atoms with Crippen molar-refractivity contribution < 1.29 is 28.5 Å². The molecule has 3 aromatic rings. The minimum absolute atomic E-state index is 0.235. The van der Waals surface area contributed by atoms with Crippen molar-refractivity contribution in [3.8, 4) is 45.5 Å². The summed E-state index contributed by atoms with van der Waals surface area (Å²) in [5.74, 6) is 2.01. The average molecular weight is 372 g/mol. The number of hydrogen-bond acceptors (Lipinski definition) is 7. The Hall–Kier alpha value is -3.42. The van der Waals surface area contributed by atoms with Crippen LogP contribution in [0.4, 0.5) is 0 Å². The SMILES string of the molecule is CCOc1ccc(-c2no[n+]([O-])c2-c2cc(OC)c(OC)c(OC)c2)cc1. The van der Waals surface area contributed by atoms with Crippen LogP contribution in [-0.2, 0) is 0 Å². The first kappa shape index (κ1) is 18.4. The van der Waals surface area contributed by atoms with Gasteiger partial charge in [-0.1, -0.05) is 0 Å². The van der Waals surface area contributed by atoms with Crippen LogP contribution in [0.5, 0.6) is 23.0 Å². The fraction of sp³-hybridized carbons (Fsp3) is 0.263. The average Bonchev–Trinajstić information content (AvgIpc) is 3.09. The lowest BCUT2D eigenvalue weighted by atomic mass is 10.0. The smallest absolute Gasteiger partial charge is 0.256 e. The Bertz CT molecular complexity index is 895. The number of benzene rings is 2. The first-order valence-electron chi connectivity index (χ1n) is 8.26. The van der Waals surface area contributed by atoms with E-state index in [1.165, 1.54) is 21.3 Å². The molecule has 0 aliphatic carbocycles. The van der Waals surface area contributed by atoms with E-state index in [1.54, 1.807) is 12.1 Å². The Balaban J connectivity index is 2.12. The molecule has 0 N–H and O–H groups in total. The quantitative estimate of drug-likeness (QED) is 0.589. The number of methoxy groups -OCH3 is 3. The van der Waals surface area contributed by atoms with Crippen LogP contribution in [0.15, 0.2) is 41.0 Å². The summed E-state index contributed by atoms with van der Waals surface area (Å²) in [7, 11) is 4.53. The first-order chi connectivity index (χ1) is 13.1. The highest BCUT2D eigenvalue weighted by molar-refractivity contribution is 5.78. The third-order valence-corrected chi connectivity index (χ3v) is 3.99. The molecule has 0 unspecified atom stereocenters. The molecule has 3 rings (SSSR count). The highest BCUT2D eigenvalue weighted by Gasteiger charge is 2.26. The second-order valence-corrected chi connectivity index (χ2v) is 5.50. The lowest BCUT2D eigenvalue weighted by molar-refractivity contribution is -0.793. The minimum atomic E-state index is 0.235. The molecule has 0 saturated heterocycles. The van der Waals surface area contributed by atoms with Gasteiger partial charge in [-0.15, -0.1) is 0 Å². The predicted molar refractivity (Wildman–Crippen MR) is 97.2 cm³/mol. The summed E-state index contributed by atoms with van der Waals surface area (Å²) in [4.78, 5) is 0.354. The van der Waals surface area contributed by atoms with Crippen LogP contribution in [0.1, 0.15) is 6.92 Å². The highest BCUT2D eigenvalue weighted by atomic mass is 16.8. The molecule has 0 saturated carbocycles. The normalized spacial score (nSPS) is 10.5. The van der Waals surface area contributed by atoms with Crippen molar-refractivity contribution in [3.05, 3.63) is 41.6 Å². The zero-order chi connectivity index (χ0) is 19.4. The zero-order valence-corrected chi connectivity index (χ0v) is 15.5. The van der Waals surface area contributed by atoms with Crippen molar-refractivity contribution in [3.63, 3.8) is 0 Å². The lowest BCUT2D eigenvalue weighted by Crippen LogP contribution is -2.25. The standard InChI is InChI=1S/C19H20N2O6/c1-5-26-14-8-6-12(7-9-14)17-18(21(22)27-20-17)13-10-15(23-2)19(25-4)16(11-13)24-3/h6-11H,5H2,1-4H3. The van der Waals surface area contributed by atoms with Crippen molar-refractivity contribution in [2.75, 3.05) is 27.9 Å². The Morgan fingerprint density at radius 3 is 2.11 bits per heavy atom. The molecule has 0 atom stereocenters. The third kappa shape index (κ3) is 3.46. The molecule has 1 aromatic heterocycles. The lowest BCUT2D eigenvalue weighted by Gasteiger charge is -2.13. The molecular weight excluding hydrogens is 352 g/mol. The van der Waals surface area contributed by atoms with Crippen molar-refractivity contribution in [2.45, 2.75) is 6.92 Å². The van der Waals surface area contributed by atoms with Gasteiger partial charge in [0.1, 0.15) is 5.75 Å². The van der Waals surface area contributed by atoms with Crippen LogP contribution in [-0.4, -0.2) is 33.1 Å². The molecule has 142 valence electrons. The van der Waals surface area contributed by atoms with Gasteiger partial charge in [0, 0.05) is 16.3 Å². The minimum Gasteiger partial charge on any atom is -0.494 e. The number of ether oxygens (including phenoxy) is 4. The number of rotatable bonds is 7. The van der Waals surface area contributed by atoms with Gasteiger partial charge in [-0.3, -0.25) is 4.63 Å². The summed E-state index contributed by atoms with van der Waals surface area (Å²) in [6.07, 6.45) is 0. The molecule has 0 radical (unpaired) electrons. The highest BCUT2D eigenvalue weighted by Crippen LogP contribution is 2.42. The summed E-state index contributed by atoms with van der Waals surface area (Å²) < 4.78 is 26.3. The maximum atomic E-state index is 12.3. The van der Waals surface area contributed by atoms with E-state index >= 15 is 0 Å². The largest absolute Gasteiger partial charge is 0.494 e. The molecular formula is C19H20N2O6. The van der Waals surface area contributed by atoms with Gasteiger partial charge in [-0.2, -0.15) is 0 Å². The molecule has 8 nitrogen and oxygen atoms in total. The van der Waals surface area contributed by atoms with Crippen molar-refractivity contribution in [1.82, 2.24) is 5.16 Å². The maximum Gasteiger partial charge on any atom is 0.256 e. The molecule has 0 bridgehead atoms. The van der Waals surface area contributed by atoms with E-state index in [9.17, 15) is 5.21 Å². The van der Waals surface area contributed by atoms with Crippen LogP contribution in [0, 0.1) is 5.21 Å². The van der Waals surface area contributed by atoms with E-state index < -0.39 is 0 Å². The summed E-state index contributed by atoms with van der Waals surface area (Å²) in [5.41, 5.74) is 1.85. The van der Waals surface area contributed by atoms with Gasteiger partial charge in [0.05, 0.1) is 27.9 Å². The molecule has 0 amide bonds. The summed E-state index contributed by atoms with van der Waals surface area (Å²) in [5, 5.41) is 16.2. The molecule has 8 heteroatoms. The van der Waals surface area contributed by atoms with Crippen LogP contribution in [0.25, 0.3) is 22.5 Å². The molecule has 1 heterocycles. The van der Waals surface area contributed by atoms with E-state index in [0.717, 1.165) is 5.75 Å². The monoisotopic (exact) mass is 372 g/mol. The summed E-state index contributed by atoms with van der Waals surface area (Å²) in [6, 6.07) is 10.6.